The van der Waals surface area contributed by atoms with E-state index in [4.69, 9.17) is 0 Å². The van der Waals surface area contributed by atoms with Gasteiger partial charge in [0.25, 0.3) is 0 Å². The fraction of sp³-hybridized carbons (Fsp3) is 0.500. The quantitative estimate of drug-likeness (QED) is 0.646. The molecule has 0 spiro atoms. The normalized spacial score (nSPS) is 23.5. The standard InChI is InChI=1S/C10H14O2/c1-3-4-5-8-7(2)6-9(11)10(8)12/h3,9,11H,1,4-6H2,2H3. The Morgan fingerprint density at radius 2 is 2.42 bits per heavy atom. The lowest BCUT2D eigenvalue weighted by Gasteiger charge is -1.99. The van der Waals surface area contributed by atoms with Crippen LogP contribution >= 0.6 is 0 Å². The number of hydrogen-bond acceptors (Lipinski definition) is 2. The van der Waals surface area contributed by atoms with Crippen LogP contribution in [0.15, 0.2) is 23.8 Å². The second-order valence-corrected chi connectivity index (χ2v) is 3.17. The highest BCUT2D eigenvalue weighted by Gasteiger charge is 2.27. The highest BCUT2D eigenvalue weighted by Crippen LogP contribution is 2.26. The van der Waals surface area contributed by atoms with Crippen LogP contribution in [0.2, 0.25) is 0 Å². The molecule has 1 aliphatic carbocycles. The maximum absolute atomic E-state index is 11.3. The fourth-order valence-electron chi connectivity index (χ4n) is 1.50. The Morgan fingerprint density at radius 1 is 1.75 bits per heavy atom. The fourth-order valence-corrected chi connectivity index (χ4v) is 1.50. The smallest absolute Gasteiger partial charge is 0.187 e. The summed E-state index contributed by atoms with van der Waals surface area (Å²) in [5.41, 5.74) is 1.84. The Balaban J connectivity index is 2.67. The molecule has 1 unspecified atom stereocenters. The van der Waals surface area contributed by atoms with Crippen LogP contribution in [-0.2, 0) is 4.79 Å². The van der Waals surface area contributed by atoms with Gasteiger partial charge in [-0.1, -0.05) is 11.6 Å². The number of hydrogen-bond donors (Lipinski definition) is 1. The Morgan fingerprint density at radius 3 is 2.83 bits per heavy atom. The van der Waals surface area contributed by atoms with Crippen LogP contribution in [0.5, 0.6) is 0 Å². The van der Waals surface area contributed by atoms with Gasteiger partial charge in [-0.3, -0.25) is 4.79 Å². The van der Waals surface area contributed by atoms with Gasteiger partial charge in [-0.15, -0.1) is 6.58 Å². The van der Waals surface area contributed by atoms with Gasteiger partial charge >= 0.3 is 0 Å². The average Bonchev–Trinajstić information content (AvgIpc) is 2.25. The van der Waals surface area contributed by atoms with E-state index >= 15 is 0 Å². The second-order valence-electron chi connectivity index (χ2n) is 3.17. The van der Waals surface area contributed by atoms with Crippen LogP contribution in [0.3, 0.4) is 0 Å². The summed E-state index contributed by atoms with van der Waals surface area (Å²) in [6.07, 6.45) is 3.07. The largest absolute Gasteiger partial charge is 0.385 e. The molecule has 0 bridgehead atoms. The van der Waals surface area contributed by atoms with Gasteiger partial charge < -0.3 is 5.11 Å². The topological polar surface area (TPSA) is 37.3 Å². The van der Waals surface area contributed by atoms with Crippen LogP contribution in [0, 0.1) is 0 Å². The van der Waals surface area contributed by atoms with Crippen molar-refractivity contribution in [1.29, 1.82) is 0 Å². The molecule has 0 aromatic carbocycles. The maximum Gasteiger partial charge on any atom is 0.187 e. The number of allylic oxidation sites excluding steroid dienone is 1. The van der Waals surface area contributed by atoms with E-state index in [9.17, 15) is 9.90 Å². The van der Waals surface area contributed by atoms with E-state index in [1.807, 2.05) is 6.92 Å². The van der Waals surface area contributed by atoms with Crippen molar-refractivity contribution in [3.63, 3.8) is 0 Å². The maximum atomic E-state index is 11.3. The Bertz CT molecular complexity index is 238. The van der Waals surface area contributed by atoms with Crippen LogP contribution in [0.4, 0.5) is 0 Å². The molecule has 0 amide bonds. The summed E-state index contributed by atoms with van der Waals surface area (Å²) in [6, 6.07) is 0. The number of ketones is 1. The van der Waals surface area contributed by atoms with E-state index in [1.54, 1.807) is 6.08 Å². The van der Waals surface area contributed by atoms with E-state index in [0.717, 1.165) is 24.0 Å². The SMILES string of the molecule is C=CCCC1=C(C)CC(O)C1=O. The summed E-state index contributed by atoms with van der Waals surface area (Å²) >= 11 is 0. The zero-order valence-corrected chi connectivity index (χ0v) is 7.34. The van der Waals surface area contributed by atoms with Crippen LogP contribution in [-0.4, -0.2) is 17.0 Å². The third-order valence-electron chi connectivity index (χ3n) is 2.21. The summed E-state index contributed by atoms with van der Waals surface area (Å²) in [4.78, 5) is 11.3. The zero-order valence-electron chi connectivity index (χ0n) is 7.34. The van der Waals surface area contributed by atoms with Gasteiger partial charge in [-0.05, 0) is 25.3 Å². The summed E-state index contributed by atoms with van der Waals surface area (Å²) in [6.45, 7) is 5.50. The van der Waals surface area contributed by atoms with E-state index in [-0.39, 0.29) is 5.78 Å². The van der Waals surface area contributed by atoms with Gasteiger partial charge in [-0.2, -0.15) is 0 Å². The lowest BCUT2D eigenvalue weighted by molar-refractivity contribution is -0.122. The monoisotopic (exact) mass is 166 g/mol. The Hall–Kier alpha value is -0.890. The van der Waals surface area contributed by atoms with Crippen molar-refractivity contribution in [2.75, 3.05) is 0 Å². The van der Waals surface area contributed by atoms with Crippen LogP contribution in [0.25, 0.3) is 0 Å². The summed E-state index contributed by atoms with van der Waals surface area (Å²) in [7, 11) is 0. The van der Waals surface area contributed by atoms with Gasteiger partial charge in [-0.25, -0.2) is 0 Å². The molecule has 0 saturated carbocycles. The molecule has 2 heteroatoms. The molecular weight excluding hydrogens is 152 g/mol. The minimum atomic E-state index is -0.773. The van der Waals surface area contributed by atoms with Crippen molar-refractivity contribution in [1.82, 2.24) is 0 Å². The molecule has 1 N–H and O–H groups in total. The number of aliphatic hydroxyl groups excluding tert-OH is 1. The number of carbonyl (C=O) groups is 1. The molecule has 1 rings (SSSR count). The van der Waals surface area contributed by atoms with Gasteiger partial charge in [0.05, 0.1) is 0 Å². The van der Waals surface area contributed by atoms with E-state index in [0.29, 0.717) is 6.42 Å². The molecule has 1 atom stereocenters. The third kappa shape index (κ3) is 1.64. The van der Waals surface area contributed by atoms with Crippen molar-refractivity contribution in [2.24, 2.45) is 0 Å². The minimum Gasteiger partial charge on any atom is -0.385 e. The van der Waals surface area contributed by atoms with Crippen molar-refractivity contribution >= 4 is 5.78 Å². The zero-order chi connectivity index (χ0) is 9.14. The molecule has 2 nitrogen and oxygen atoms in total. The Kier molecular flexibility index (Phi) is 2.82. The lowest BCUT2D eigenvalue weighted by Crippen LogP contribution is -2.14. The van der Waals surface area contributed by atoms with Gasteiger partial charge in [0.2, 0.25) is 0 Å². The van der Waals surface area contributed by atoms with E-state index in [2.05, 4.69) is 6.58 Å². The molecule has 66 valence electrons. The van der Waals surface area contributed by atoms with E-state index in [1.165, 1.54) is 0 Å². The molecule has 0 aliphatic heterocycles. The predicted molar refractivity (Wildman–Crippen MR) is 47.8 cm³/mol. The van der Waals surface area contributed by atoms with Crippen LogP contribution < -0.4 is 0 Å². The first-order valence-corrected chi connectivity index (χ1v) is 4.18. The number of aliphatic hydroxyl groups is 1. The molecular formula is C10H14O2. The van der Waals surface area contributed by atoms with Crippen molar-refractivity contribution in [2.45, 2.75) is 32.3 Å². The molecule has 0 radical (unpaired) electrons. The molecule has 0 aromatic heterocycles. The highest BCUT2D eigenvalue weighted by molar-refractivity contribution is 6.01. The second kappa shape index (κ2) is 3.68. The summed E-state index contributed by atoms with van der Waals surface area (Å²) < 4.78 is 0. The predicted octanol–water partition coefficient (Wildman–Crippen LogP) is 1.60. The van der Waals surface area contributed by atoms with Gasteiger partial charge in [0.15, 0.2) is 5.78 Å². The molecule has 12 heavy (non-hydrogen) atoms. The summed E-state index contributed by atoms with van der Waals surface area (Å²) in [5, 5.41) is 9.22. The first kappa shape index (κ1) is 9.20. The van der Waals surface area contributed by atoms with Crippen molar-refractivity contribution < 1.29 is 9.90 Å². The third-order valence-corrected chi connectivity index (χ3v) is 2.21. The number of Topliss-reactive ketones (excluding diaryl/α,β-unsaturated/α-hetero) is 1. The first-order valence-electron chi connectivity index (χ1n) is 4.18. The number of carbonyl (C=O) groups excluding carboxylic acids is 1. The minimum absolute atomic E-state index is 0.0886. The van der Waals surface area contributed by atoms with Gasteiger partial charge in [0, 0.05) is 6.42 Å². The first-order chi connectivity index (χ1) is 5.66. The molecule has 0 aromatic rings. The molecule has 0 saturated heterocycles. The lowest BCUT2D eigenvalue weighted by atomic mass is 10.1. The highest BCUT2D eigenvalue weighted by atomic mass is 16.3. The van der Waals surface area contributed by atoms with Crippen LogP contribution in [0.1, 0.15) is 26.2 Å². The number of rotatable bonds is 3. The molecule has 1 aliphatic rings. The molecule has 0 fully saturated rings. The Labute approximate surface area is 72.6 Å². The molecule has 0 heterocycles. The van der Waals surface area contributed by atoms with Crippen molar-refractivity contribution in [3.8, 4) is 0 Å². The van der Waals surface area contributed by atoms with Gasteiger partial charge in [0.1, 0.15) is 6.10 Å². The van der Waals surface area contributed by atoms with E-state index < -0.39 is 6.10 Å². The summed E-state index contributed by atoms with van der Waals surface area (Å²) in [5.74, 6) is -0.0886. The van der Waals surface area contributed by atoms with Crippen molar-refractivity contribution in [3.05, 3.63) is 23.8 Å². The average molecular weight is 166 g/mol.